The fraction of sp³-hybridized carbons (Fsp3) is 0.206. The van der Waals surface area contributed by atoms with E-state index in [9.17, 15) is 15.0 Å². The molecule has 1 fully saturated rings. The van der Waals surface area contributed by atoms with Gasteiger partial charge in [-0.2, -0.15) is 0 Å². The van der Waals surface area contributed by atoms with Gasteiger partial charge in [0.05, 0.1) is 0 Å². The number of likely N-dealkylation sites (tertiary alicyclic amines) is 1. The van der Waals surface area contributed by atoms with Crippen LogP contribution in [0.25, 0.3) is 20.5 Å². The Kier molecular flexibility index (Phi) is 7.53. The van der Waals surface area contributed by atoms with Crippen LogP contribution in [0.2, 0.25) is 0 Å². The summed E-state index contributed by atoms with van der Waals surface area (Å²) in [5.74, 6) is 0.989. The Hall–Kier alpha value is -4.13. The molecular weight excluding hydrogens is 518 g/mol. The molecule has 6 rings (SSSR count). The van der Waals surface area contributed by atoms with E-state index in [0.717, 1.165) is 45.8 Å². The van der Waals surface area contributed by atoms with Crippen LogP contribution >= 0.6 is 11.3 Å². The number of hydrogen-bond donors (Lipinski definition) is 2. The highest BCUT2D eigenvalue weighted by Gasteiger charge is 2.24. The molecule has 1 aliphatic rings. The van der Waals surface area contributed by atoms with Crippen LogP contribution in [0.5, 0.6) is 17.2 Å². The number of piperidine rings is 1. The van der Waals surface area contributed by atoms with Crippen LogP contribution in [-0.2, 0) is 6.54 Å². The minimum absolute atomic E-state index is 0.0899. The first kappa shape index (κ1) is 26.1. The molecule has 1 atom stereocenters. The Morgan fingerprint density at radius 2 is 1.62 bits per heavy atom. The number of fused-ring (bicyclic) bond motifs is 1. The van der Waals surface area contributed by atoms with E-state index in [-0.39, 0.29) is 17.3 Å². The number of phenolic OH excluding ortho intramolecular Hbond substituents is 2. The first-order chi connectivity index (χ1) is 19.5. The van der Waals surface area contributed by atoms with Crippen LogP contribution < -0.4 is 4.74 Å². The lowest BCUT2D eigenvalue weighted by molar-refractivity contribution is 0.0932. The lowest BCUT2D eigenvalue weighted by atomic mass is 9.97. The lowest BCUT2D eigenvalue weighted by Crippen LogP contribution is -2.42. The standard InChI is InChI=1S/C34H31NO4S/c36-27-13-9-25(10-14-27)34-32(30-18-15-28(37)20-31(30)40-34)33(38)24-11-16-29(17-12-24)39-22-26-8-4-5-19-35(26)21-23-6-2-1-3-7-23/h1-3,6-7,9-18,20,26,36-37H,4-5,8,19,21-22H2. The molecule has 0 spiro atoms. The summed E-state index contributed by atoms with van der Waals surface area (Å²) < 4.78 is 7.06. The van der Waals surface area contributed by atoms with Crippen molar-refractivity contribution < 1.29 is 19.7 Å². The first-order valence-corrected chi connectivity index (χ1v) is 14.5. The highest BCUT2D eigenvalue weighted by atomic mass is 32.1. The van der Waals surface area contributed by atoms with Gasteiger partial charge in [0.15, 0.2) is 5.78 Å². The van der Waals surface area contributed by atoms with Crippen molar-refractivity contribution in [3.05, 3.63) is 114 Å². The van der Waals surface area contributed by atoms with Gasteiger partial charge < -0.3 is 14.9 Å². The molecule has 0 aliphatic carbocycles. The third-order valence-corrected chi connectivity index (χ3v) is 8.77. The van der Waals surface area contributed by atoms with Gasteiger partial charge in [-0.05, 0) is 97.2 Å². The molecule has 0 bridgehead atoms. The van der Waals surface area contributed by atoms with Crippen molar-refractivity contribution in [2.75, 3.05) is 13.2 Å². The van der Waals surface area contributed by atoms with Crippen molar-refractivity contribution >= 4 is 27.2 Å². The Morgan fingerprint density at radius 1 is 0.875 bits per heavy atom. The molecule has 5 aromatic rings. The third-order valence-electron chi connectivity index (χ3n) is 7.57. The highest BCUT2D eigenvalue weighted by molar-refractivity contribution is 7.22. The van der Waals surface area contributed by atoms with Crippen molar-refractivity contribution in [3.8, 4) is 27.7 Å². The second-order valence-electron chi connectivity index (χ2n) is 10.3. The van der Waals surface area contributed by atoms with Gasteiger partial charge in [-0.3, -0.25) is 9.69 Å². The number of carbonyl (C=O) groups is 1. The number of aromatic hydroxyl groups is 2. The molecule has 4 aromatic carbocycles. The SMILES string of the molecule is O=C(c1ccc(OCC2CCCCN2Cc2ccccc2)cc1)c1c(-c2ccc(O)cc2)sc2cc(O)ccc12. The summed E-state index contributed by atoms with van der Waals surface area (Å²) >= 11 is 1.46. The zero-order valence-electron chi connectivity index (χ0n) is 22.1. The van der Waals surface area contributed by atoms with Crippen molar-refractivity contribution in [1.29, 1.82) is 0 Å². The fourth-order valence-electron chi connectivity index (χ4n) is 5.44. The minimum atomic E-state index is -0.0899. The van der Waals surface area contributed by atoms with Gasteiger partial charge in [0.2, 0.25) is 0 Å². The molecule has 0 saturated carbocycles. The van der Waals surface area contributed by atoms with Gasteiger partial charge in [0.25, 0.3) is 0 Å². The quantitative estimate of drug-likeness (QED) is 0.195. The van der Waals surface area contributed by atoms with Gasteiger partial charge in [-0.25, -0.2) is 0 Å². The number of hydrogen-bond acceptors (Lipinski definition) is 6. The van der Waals surface area contributed by atoms with E-state index >= 15 is 0 Å². The van der Waals surface area contributed by atoms with Crippen LogP contribution in [0.1, 0.15) is 40.7 Å². The average Bonchev–Trinajstić information content (AvgIpc) is 3.36. The molecule has 5 nitrogen and oxygen atoms in total. The predicted molar refractivity (Wildman–Crippen MR) is 160 cm³/mol. The topological polar surface area (TPSA) is 70.0 Å². The number of nitrogens with zero attached hydrogens (tertiary/aromatic N) is 1. The van der Waals surface area contributed by atoms with Gasteiger partial charge >= 0.3 is 0 Å². The van der Waals surface area contributed by atoms with Crippen LogP contribution in [0, 0.1) is 0 Å². The molecule has 1 aromatic heterocycles. The molecule has 2 N–H and O–H groups in total. The summed E-state index contributed by atoms with van der Waals surface area (Å²) in [6, 6.07) is 30.3. The monoisotopic (exact) mass is 549 g/mol. The van der Waals surface area contributed by atoms with E-state index in [2.05, 4.69) is 35.2 Å². The lowest BCUT2D eigenvalue weighted by Gasteiger charge is -2.35. The van der Waals surface area contributed by atoms with E-state index in [1.807, 2.05) is 24.3 Å². The summed E-state index contributed by atoms with van der Waals surface area (Å²) in [7, 11) is 0. The largest absolute Gasteiger partial charge is 0.508 e. The van der Waals surface area contributed by atoms with E-state index in [1.54, 1.807) is 42.5 Å². The summed E-state index contributed by atoms with van der Waals surface area (Å²) in [6.45, 7) is 2.62. The smallest absolute Gasteiger partial charge is 0.195 e. The second kappa shape index (κ2) is 11.5. The first-order valence-electron chi connectivity index (χ1n) is 13.7. The van der Waals surface area contributed by atoms with E-state index in [1.165, 1.54) is 29.7 Å². The Labute approximate surface area is 237 Å². The normalized spacial score (nSPS) is 15.8. The minimum Gasteiger partial charge on any atom is -0.508 e. The molecule has 6 heteroatoms. The maximum absolute atomic E-state index is 13.8. The molecular formula is C34H31NO4S. The third kappa shape index (κ3) is 5.60. The van der Waals surface area contributed by atoms with Crippen LogP contribution in [0.3, 0.4) is 0 Å². The fourth-order valence-corrected chi connectivity index (χ4v) is 6.68. The molecule has 2 heterocycles. The summed E-state index contributed by atoms with van der Waals surface area (Å²) in [5, 5.41) is 20.6. The van der Waals surface area contributed by atoms with E-state index in [0.29, 0.717) is 23.8 Å². The van der Waals surface area contributed by atoms with Crippen LogP contribution in [0.15, 0.2) is 97.1 Å². The molecule has 40 heavy (non-hydrogen) atoms. The highest BCUT2D eigenvalue weighted by Crippen LogP contribution is 2.41. The van der Waals surface area contributed by atoms with Crippen molar-refractivity contribution in [3.63, 3.8) is 0 Å². The predicted octanol–water partition coefficient (Wildman–Crippen LogP) is 7.64. The Balaban J connectivity index is 1.20. The summed E-state index contributed by atoms with van der Waals surface area (Å²) in [6.07, 6.45) is 3.54. The average molecular weight is 550 g/mol. The number of thiophene rings is 1. The zero-order chi connectivity index (χ0) is 27.5. The molecule has 1 saturated heterocycles. The number of carbonyl (C=O) groups excluding carboxylic acids is 1. The number of benzene rings is 4. The summed E-state index contributed by atoms with van der Waals surface area (Å²) in [5.41, 5.74) is 3.33. The van der Waals surface area contributed by atoms with Crippen molar-refractivity contribution in [2.45, 2.75) is 31.8 Å². The van der Waals surface area contributed by atoms with Gasteiger partial charge in [-0.15, -0.1) is 11.3 Å². The van der Waals surface area contributed by atoms with Gasteiger partial charge in [-0.1, -0.05) is 36.8 Å². The molecule has 0 amide bonds. The maximum Gasteiger partial charge on any atom is 0.195 e. The Morgan fingerprint density at radius 3 is 2.40 bits per heavy atom. The molecule has 1 aliphatic heterocycles. The van der Waals surface area contributed by atoms with E-state index < -0.39 is 0 Å². The number of ketones is 1. The van der Waals surface area contributed by atoms with Crippen molar-refractivity contribution in [2.24, 2.45) is 0 Å². The second-order valence-corrected chi connectivity index (χ2v) is 11.4. The van der Waals surface area contributed by atoms with Crippen LogP contribution in [-0.4, -0.2) is 40.1 Å². The molecule has 0 radical (unpaired) electrons. The van der Waals surface area contributed by atoms with Crippen LogP contribution in [0.4, 0.5) is 0 Å². The number of ether oxygens (including phenoxy) is 1. The number of phenols is 2. The number of rotatable bonds is 8. The van der Waals surface area contributed by atoms with Gasteiger partial charge in [0.1, 0.15) is 23.9 Å². The zero-order valence-corrected chi connectivity index (χ0v) is 22.9. The maximum atomic E-state index is 13.8. The molecule has 202 valence electrons. The molecule has 1 unspecified atom stereocenters. The summed E-state index contributed by atoms with van der Waals surface area (Å²) in [4.78, 5) is 17.2. The van der Waals surface area contributed by atoms with E-state index in [4.69, 9.17) is 4.74 Å². The van der Waals surface area contributed by atoms with Crippen molar-refractivity contribution in [1.82, 2.24) is 4.90 Å². The Bertz CT molecular complexity index is 1610. The van der Waals surface area contributed by atoms with Gasteiger partial charge in [0, 0.05) is 38.7 Å².